The van der Waals surface area contributed by atoms with Crippen molar-refractivity contribution in [1.29, 1.82) is 0 Å². The largest absolute Gasteiger partial charge is 0.379 e. The van der Waals surface area contributed by atoms with E-state index in [4.69, 9.17) is 16.3 Å². The summed E-state index contributed by atoms with van der Waals surface area (Å²) >= 11 is 6.37. The number of carbonyl (C=O) groups excluding carboxylic acids is 1. The Balaban J connectivity index is 1.77. The van der Waals surface area contributed by atoms with Gasteiger partial charge in [0, 0.05) is 24.7 Å². The van der Waals surface area contributed by atoms with Gasteiger partial charge in [0.25, 0.3) is 5.91 Å². The highest BCUT2D eigenvalue weighted by Crippen LogP contribution is 2.27. The molecule has 0 bridgehead atoms. The van der Waals surface area contributed by atoms with E-state index in [0.717, 1.165) is 18.7 Å². The molecule has 0 saturated carbocycles. The molecule has 1 heterocycles. The molecule has 1 aliphatic rings. The first-order valence-electron chi connectivity index (χ1n) is 8.26. The van der Waals surface area contributed by atoms with Crippen LogP contribution in [0.5, 0.6) is 0 Å². The summed E-state index contributed by atoms with van der Waals surface area (Å²) < 4.78 is 19.2. The third-order valence-electron chi connectivity index (χ3n) is 4.33. The van der Waals surface area contributed by atoms with Crippen LogP contribution in [-0.2, 0) is 4.74 Å². The van der Waals surface area contributed by atoms with Crippen molar-refractivity contribution >= 4 is 17.5 Å². The topological polar surface area (TPSA) is 41.6 Å². The van der Waals surface area contributed by atoms with Crippen LogP contribution in [0, 0.1) is 5.82 Å². The van der Waals surface area contributed by atoms with Gasteiger partial charge in [-0.2, -0.15) is 0 Å². The lowest BCUT2D eigenvalue weighted by Gasteiger charge is -2.35. The minimum absolute atomic E-state index is 0.0439. The molecule has 1 saturated heterocycles. The molecule has 1 N–H and O–H groups in total. The van der Waals surface area contributed by atoms with Crippen LogP contribution in [0.1, 0.15) is 22.0 Å². The third kappa shape index (κ3) is 4.37. The molecule has 0 aliphatic carbocycles. The van der Waals surface area contributed by atoms with E-state index in [9.17, 15) is 9.18 Å². The number of morpholine rings is 1. The van der Waals surface area contributed by atoms with Crippen molar-refractivity contribution in [2.75, 3.05) is 32.8 Å². The van der Waals surface area contributed by atoms with E-state index in [2.05, 4.69) is 10.2 Å². The first-order chi connectivity index (χ1) is 12.2. The summed E-state index contributed by atoms with van der Waals surface area (Å²) in [4.78, 5) is 14.6. The molecule has 132 valence electrons. The van der Waals surface area contributed by atoms with Crippen LogP contribution in [0.2, 0.25) is 5.02 Å². The van der Waals surface area contributed by atoms with Crippen molar-refractivity contribution in [1.82, 2.24) is 10.2 Å². The van der Waals surface area contributed by atoms with Gasteiger partial charge >= 0.3 is 0 Å². The van der Waals surface area contributed by atoms with Crippen LogP contribution in [-0.4, -0.2) is 43.7 Å². The Labute approximate surface area is 151 Å². The molecule has 4 nitrogen and oxygen atoms in total. The van der Waals surface area contributed by atoms with Crippen LogP contribution in [0.3, 0.4) is 0 Å². The molecule has 3 rings (SSSR count). The third-order valence-corrected chi connectivity index (χ3v) is 4.67. The van der Waals surface area contributed by atoms with Gasteiger partial charge in [0.05, 0.1) is 24.8 Å². The van der Waals surface area contributed by atoms with Crippen molar-refractivity contribution < 1.29 is 13.9 Å². The lowest BCUT2D eigenvalue weighted by molar-refractivity contribution is 0.0162. The Kier molecular flexibility index (Phi) is 6.02. The molecule has 1 amide bonds. The second kappa shape index (κ2) is 8.43. The zero-order valence-corrected chi connectivity index (χ0v) is 14.5. The number of halogens is 2. The van der Waals surface area contributed by atoms with Crippen molar-refractivity contribution in [2.45, 2.75) is 6.04 Å². The summed E-state index contributed by atoms with van der Waals surface area (Å²) in [6, 6.07) is 13.5. The van der Waals surface area contributed by atoms with E-state index < -0.39 is 11.7 Å². The van der Waals surface area contributed by atoms with E-state index in [1.807, 2.05) is 24.3 Å². The summed E-state index contributed by atoms with van der Waals surface area (Å²) in [7, 11) is 0. The van der Waals surface area contributed by atoms with Crippen LogP contribution in [0.4, 0.5) is 4.39 Å². The Morgan fingerprint density at radius 3 is 2.56 bits per heavy atom. The van der Waals surface area contributed by atoms with Gasteiger partial charge in [-0.15, -0.1) is 0 Å². The Bertz CT molecular complexity index is 735. The van der Waals surface area contributed by atoms with Gasteiger partial charge in [-0.1, -0.05) is 41.9 Å². The highest BCUT2D eigenvalue weighted by Gasteiger charge is 2.25. The summed E-state index contributed by atoms with van der Waals surface area (Å²) in [5.41, 5.74) is 0.988. The molecule has 6 heteroatoms. The maximum Gasteiger partial charge on any atom is 0.254 e. The van der Waals surface area contributed by atoms with Gasteiger partial charge in [0.15, 0.2) is 0 Å². The fourth-order valence-electron chi connectivity index (χ4n) is 3.00. The van der Waals surface area contributed by atoms with Crippen LogP contribution >= 0.6 is 11.6 Å². The number of hydrogen-bond donors (Lipinski definition) is 1. The van der Waals surface area contributed by atoms with E-state index in [1.165, 1.54) is 12.1 Å². The number of amides is 1. The molecule has 0 unspecified atom stereocenters. The molecular formula is C19H20ClFN2O2. The van der Waals surface area contributed by atoms with E-state index in [0.29, 0.717) is 24.8 Å². The molecular weight excluding hydrogens is 343 g/mol. The minimum Gasteiger partial charge on any atom is -0.379 e. The first kappa shape index (κ1) is 17.9. The highest BCUT2D eigenvalue weighted by atomic mass is 35.5. The van der Waals surface area contributed by atoms with E-state index in [1.54, 1.807) is 12.1 Å². The SMILES string of the molecule is O=C(NC[C@H](c1ccccc1Cl)N1CCOCC1)c1ccccc1F. The lowest BCUT2D eigenvalue weighted by Crippen LogP contribution is -2.44. The van der Waals surface area contributed by atoms with Crippen LogP contribution in [0.25, 0.3) is 0 Å². The number of ether oxygens (including phenoxy) is 1. The first-order valence-corrected chi connectivity index (χ1v) is 8.63. The zero-order chi connectivity index (χ0) is 17.6. The molecule has 0 spiro atoms. The molecule has 2 aromatic carbocycles. The van der Waals surface area contributed by atoms with Gasteiger partial charge < -0.3 is 10.1 Å². The highest BCUT2D eigenvalue weighted by molar-refractivity contribution is 6.31. The Morgan fingerprint density at radius 1 is 1.16 bits per heavy atom. The average Bonchev–Trinajstić information content (AvgIpc) is 2.64. The number of rotatable bonds is 5. The Morgan fingerprint density at radius 2 is 1.84 bits per heavy atom. The summed E-state index contributed by atoms with van der Waals surface area (Å²) in [6.45, 7) is 3.14. The second-order valence-electron chi connectivity index (χ2n) is 5.88. The predicted molar refractivity (Wildman–Crippen MR) is 95.3 cm³/mol. The van der Waals surface area contributed by atoms with E-state index in [-0.39, 0.29) is 11.6 Å². The monoisotopic (exact) mass is 362 g/mol. The Hall–Kier alpha value is -1.95. The fraction of sp³-hybridized carbons (Fsp3) is 0.316. The summed E-state index contributed by atoms with van der Waals surface area (Å²) in [6.07, 6.45) is 0. The molecule has 0 aromatic heterocycles. The van der Waals surface area contributed by atoms with Crippen LogP contribution < -0.4 is 5.32 Å². The summed E-state index contributed by atoms with van der Waals surface area (Å²) in [5.74, 6) is -0.955. The van der Waals surface area contributed by atoms with Gasteiger partial charge in [0.2, 0.25) is 0 Å². The number of nitrogens with zero attached hydrogens (tertiary/aromatic N) is 1. The molecule has 1 aliphatic heterocycles. The number of carbonyl (C=O) groups is 1. The normalized spacial score (nSPS) is 16.4. The lowest BCUT2D eigenvalue weighted by atomic mass is 10.0. The summed E-state index contributed by atoms with van der Waals surface area (Å²) in [5, 5.41) is 3.49. The molecule has 1 atom stereocenters. The quantitative estimate of drug-likeness (QED) is 0.887. The number of benzene rings is 2. The van der Waals surface area contributed by atoms with Crippen molar-refractivity contribution in [3.05, 3.63) is 70.5 Å². The molecule has 0 radical (unpaired) electrons. The molecule has 25 heavy (non-hydrogen) atoms. The van der Waals surface area contributed by atoms with E-state index >= 15 is 0 Å². The van der Waals surface area contributed by atoms with Crippen molar-refractivity contribution in [2.24, 2.45) is 0 Å². The van der Waals surface area contributed by atoms with Crippen LogP contribution in [0.15, 0.2) is 48.5 Å². The van der Waals surface area contributed by atoms with Gasteiger partial charge in [-0.25, -0.2) is 4.39 Å². The standard InChI is InChI=1S/C19H20ClFN2O2/c20-16-7-3-1-5-14(16)18(23-9-11-25-12-10-23)13-22-19(24)15-6-2-4-8-17(15)21/h1-8,18H,9-13H2,(H,22,24)/t18-/m1/s1. The predicted octanol–water partition coefficient (Wildman–Crippen LogP) is 3.28. The maximum absolute atomic E-state index is 13.8. The second-order valence-corrected chi connectivity index (χ2v) is 6.28. The smallest absolute Gasteiger partial charge is 0.254 e. The molecule has 1 fully saturated rings. The minimum atomic E-state index is -0.527. The average molecular weight is 363 g/mol. The van der Waals surface area contributed by atoms with Gasteiger partial charge in [0.1, 0.15) is 5.82 Å². The van der Waals surface area contributed by atoms with Crippen molar-refractivity contribution in [3.63, 3.8) is 0 Å². The van der Waals surface area contributed by atoms with Crippen molar-refractivity contribution in [3.8, 4) is 0 Å². The fourth-order valence-corrected chi connectivity index (χ4v) is 3.26. The number of nitrogens with one attached hydrogen (secondary N) is 1. The number of hydrogen-bond acceptors (Lipinski definition) is 3. The van der Waals surface area contributed by atoms with Gasteiger partial charge in [-0.3, -0.25) is 9.69 Å². The molecule has 2 aromatic rings. The zero-order valence-electron chi connectivity index (χ0n) is 13.8. The maximum atomic E-state index is 13.8. The van der Waals surface area contributed by atoms with Gasteiger partial charge in [-0.05, 0) is 23.8 Å².